The molecule has 2 aromatic rings. The molecule has 1 saturated heterocycles. The maximum absolute atomic E-state index is 12.4. The summed E-state index contributed by atoms with van der Waals surface area (Å²) in [4.78, 5) is 14.3. The smallest absolute Gasteiger partial charge is 0.239 e. The molecule has 6 heteroatoms. The predicted octanol–water partition coefficient (Wildman–Crippen LogP) is 1.88. The summed E-state index contributed by atoms with van der Waals surface area (Å²) in [7, 11) is 0. The van der Waals surface area contributed by atoms with Crippen LogP contribution in [0.5, 0.6) is 0 Å². The monoisotopic (exact) mass is 328 g/mol. The maximum Gasteiger partial charge on any atom is 0.239 e. The number of benzene rings is 1. The standard InChI is InChI=1S/C18H24N4O2/c1-13-5-7-15(8-6-13)22-17(10-14(2)20-22)19-18(24)12-21-9-3-4-16(23)11-21/h5-8,10,16,23H,3-4,9,11-12H2,1-2H3,(H,19,24). The van der Waals surface area contributed by atoms with Gasteiger partial charge in [0, 0.05) is 12.6 Å². The highest BCUT2D eigenvalue weighted by Crippen LogP contribution is 2.18. The number of nitrogens with one attached hydrogen (secondary N) is 1. The molecule has 1 fully saturated rings. The number of aliphatic hydroxyl groups is 1. The van der Waals surface area contributed by atoms with Crippen LogP contribution in [-0.4, -0.2) is 51.4 Å². The highest BCUT2D eigenvalue weighted by Gasteiger charge is 2.20. The molecule has 1 atom stereocenters. The normalized spacial score (nSPS) is 18.5. The van der Waals surface area contributed by atoms with Gasteiger partial charge in [-0.05, 0) is 45.4 Å². The second kappa shape index (κ2) is 7.15. The predicted molar refractivity (Wildman–Crippen MR) is 93.3 cm³/mol. The molecule has 1 aromatic heterocycles. The SMILES string of the molecule is Cc1ccc(-n2nc(C)cc2NC(=O)CN2CCCC(O)C2)cc1. The van der Waals surface area contributed by atoms with E-state index < -0.39 is 0 Å². The van der Waals surface area contributed by atoms with E-state index in [0.717, 1.165) is 30.8 Å². The molecule has 1 unspecified atom stereocenters. The summed E-state index contributed by atoms with van der Waals surface area (Å²) < 4.78 is 1.75. The van der Waals surface area contributed by atoms with Gasteiger partial charge in [0.15, 0.2) is 0 Å². The van der Waals surface area contributed by atoms with Gasteiger partial charge in [-0.1, -0.05) is 17.7 Å². The van der Waals surface area contributed by atoms with Crippen molar-refractivity contribution in [1.29, 1.82) is 0 Å². The molecule has 2 heterocycles. The van der Waals surface area contributed by atoms with Gasteiger partial charge in [-0.2, -0.15) is 5.10 Å². The van der Waals surface area contributed by atoms with E-state index in [9.17, 15) is 9.90 Å². The van der Waals surface area contributed by atoms with Crippen LogP contribution >= 0.6 is 0 Å². The summed E-state index contributed by atoms with van der Waals surface area (Å²) >= 11 is 0. The Hall–Kier alpha value is -2.18. The number of hydrogen-bond acceptors (Lipinski definition) is 4. The number of hydrogen-bond donors (Lipinski definition) is 2. The average molecular weight is 328 g/mol. The van der Waals surface area contributed by atoms with E-state index in [1.54, 1.807) is 4.68 Å². The molecule has 0 aliphatic carbocycles. The fourth-order valence-corrected chi connectivity index (χ4v) is 3.03. The Morgan fingerprint density at radius 2 is 2.08 bits per heavy atom. The lowest BCUT2D eigenvalue weighted by Gasteiger charge is -2.29. The highest BCUT2D eigenvalue weighted by atomic mass is 16.3. The maximum atomic E-state index is 12.4. The molecule has 0 saturated carbocycles. The summed E-state index contributed by atoms with van der Waals surface area (Å²) in [6.07, 6.45) is 1.42. The van der Waals surface area contributed by atoms with Gasteiger partial charge in [0.1, 0.15) is 5.82 Å². The minimum absolute atomic E-state index is 0.0858. The third-order valence-electron chi connectivity index (χ3n) is 4.23. The number of amides is 1. The van der Waals surface area contributed by atoms with E-state index in [1.807, 2.05) is 49.1 Å². The topological polar surface area (TPSA) is 70.4 Å². The Balaban J connectivity index is 1.70. The fraction of sp³-hybridized carbons (Fsp3) is 0.444. The van der Waals surface area contributed by atoms with Crippen LogP contribution in [0.3, 0.4) is 0 Å². The van der Waals surface area contributed by atoms with E-state index in [-0.39, 0.29) is 18.6 Å². The van der Waals surface area contributed by atoms with Crippen LogP contribution in [0.4, 0.5) is 5.82 Å². The van der Waals surface area contributed by atoms with Gasteiger partial charge in [-0.25, -0.2) is 4.68 Å². The fourth-order valence-electron chi connectivity index (χ4n) is 3.03. The van der Waals surface area contributed by atoms with E-state index in [4.69, 9.17) is 0 Å². The second-order valence-corrected chi connectivity index (χ2v) is 6.50. The Kier molecular flexibility index (Phi) is 4.97. The number of aryl methyl sites for hydroxylation is 2. The first kappa shape index (κ1) is 16.7. The molecule has 0 bridgehead atoms. The van der Waals surface area contributed by atoms with Crippen molar-refractivity contribution in [2.75, 3.05) is 25.0 Å². The molecule has 128 valence electrons. The molecule has 1 aliphatic rings. The number of carbonyl (C=O) groups excluding carboxylic acids is 1. The van der Waals surface area contributed by atoms with Crippen LogP contribution in [0.15, 0.2) is 30.3 Å². The summed E-state index contributed by atoms with van der Waals surface area (Å²) in [6.45, 7) is 5.63. The van der Waals surface area contributed by atoms with Gasteiger partial charge < -0.3 is 10.4 Å². The van der Waals surface area contributed by atoms with Crippen molar-refractivity contribution in [3.8, 4) is 5.69 Å². The zero-order valence-corrected chi connectivity index (χ0v) is 14.2. The number of β-amino-alcohol motifs (C(OH)–C–C–N with tert-alkyl or cyclic N) is 1. The summed E-state index contributed by atoms with van der Waals surface area (Å²) in [5.41, 5.74) is 2.94. The lowest BCUT2D eigenvalue weighted by Crippen LogP contribution is -2.42. The molecular formula is C18H24N4O2. The van der Waals surface area contributed by atoms with Gasteiger partial charge in [0.25, 0.3) is 0 Å². The lowest BCUT2D eigenvalue weighted by atomic mass is 10.1. The minimum Gasteiger partial charge on any atom is -0.392 e. The van der Waals surface area contributed by atoms with E-state index >= 15 is 0 Å². The Bertz CT molecular complexity index is 708. The van der Waals surface area contributed by atoms with Crippen LogP contribution in [0.1, 0.15) is 24.1 Å². The Morgan fingerprint density at radius 3 is 2.79 bits per heavy atom. The molecule has 3 rings (SSSR count). The zero-order chi connectivity index (χ0) is 17.1. The van der Waals surface area contributed by atoms with Gasteiger partial charge >= 0.3 is 0 Å². The van der Waals surface area contributed by atoms with Crippen molar-refractivity contribution in [2.24, 2.45) is 0 Å². The van der Waals surface area contributed by atoms with Gasteiger partial charge in [-0.15, -0.1) is 0 Å². The average Bonchev–Trinajstić information content (AvgIpc) is 2.88. The molecule has 1 amide bonds. The van der Waals surface area contributed by atoms with Gasteiger partial charge in [0.2, 0.25) is 5.91 Å². The number of carbonyl (C=O) groups is 1. The minimum atomic E-state index is -0.327. The first-order valence-electron chi connectivity index (χ1n) is 8.35. The molecule has 1 aromatic carbocycles. The van der Waals surface area contributed by atoms with Crippen molar-refractivity contribution in [2.45, 2.75) is 32.8 Å². The lowest BCUT2D eigenvalue weighted by molar-refractivity contribution is -0.118. The third-order valence-corrected chi connectivity index (χ3v) is 4.23. The van der Waals surface area contributed by atoms with Crippen molar-refractivity contribution < 1.29 is 9.90 Å². The molecule has 0 spiro atoms. The number of aliphatic hydroxyl groups excluding tert-OH is 1. The van der Waals surface area contributed by atoms with Crippen LogP contribution in [0, 0.1) is 13.8 Å². The van der Waals surface area contributed by atoms with Crippen LogP contribution in [0.25, 0.3) is 5.69 Å². The van der Waals surface area contributed by atoms with E-state index in [2.05, 4.69) is 10.4 Å². The first-order chi connectivity index (χ1) is 11.5. The van der Waals surface area contributed by atoms with Crippen molar-refractivity contribution >= 4 is 11.7 Å². The number of likely N-dealkylation sites (tertiary alicyclic amines) is 1. The number of rotatable bonds is 4. The second-order valence-electron chi connectivity index (χ2n) is 6.50. The summed E-state index contributed by atoms with van der Waals surface area (Å²) in [6, 6.07) is 9.87. The molecule has 0 radical (unpaired) electrons. The van der Waals surface area contributed by atoms with E-state index in [0.29, 0.717) is 12.4 Å². The first-order valence-corrected chi connectivity index (χ1v) is 8.35. The molecule has 1 aliphatic heterocycles. The van der Waals surface area contributed by atoms with Crippen molar-refractivity contribution in [1.82, 2.24) is 14.7 Å². The van der Waals surface area contributed by atoms with E-state index in [1.165, 1.54) is 5.56 Å². The number of anilines is 1. The van der Waals surface area contributed by atoms with Crippen molar-refractivity contribution in [3.63, 3.8) is 0 Å². The molecule has 2 N–H and O–H groups in total. The van der Waals surface area contributed by atoms with Crippen LogP contribution in [-0.2, 0) is 4.79 Å². The Labute approximate surface area is 142 Å². The summed E-state index contributed by atoms with van der Waals surface area (Å²) in [5, 5.41) is 17.1. The quantitative estimate of drug-likeness (QED) is 0.899. The third kappa shape index (κ3) is 4.01. The van der Waals surface area contributed by atoms with Gasteiger partial charge in [0.05, 0.1) is 24.0 Å². The largest absolute Gasteiger partial charge is 0.392 e. The van der Waals surface area contributed by atoms with Crippen molar-refractivity contribution in [3.05, 3.63) is 41.6 Å². The number of aromatic nitrogens is 2. The zero-order valence-electron chi connectivity index (χ0n) is 14.2. The van der Waals surface area contributed by atoms with Gasteiger partial charge in [-0.3, -0.25) is 9.69 Å². The Morgan fingerprint density at radius 1 is 1.33 bits per heavy atom. The highest BCUT2D eigenvalue weighted by molar-refractivity contribution is 5.91. The number of nitrogens with zero attached hydrogens (tertiary/aromatic N) is 3. The molecular weight excluding hydrogens is 304 g/mol. The molecule has 6 nitrogen and oxygen atoms in total. The van der Waals surface area contributed by atoms with Crippen LogP contribution < -0.4 is 5.32 Å². The summed E-state index contributed by atoms with van der Waals surface area (Å²) in [5.74, 6) is 0.580. The number of piperidine rings is 1. The van der Waals surface area contributed by atoms with Crippen LogP contribution in [0.2, 0.25) is 0 Å². The molecule has 24 heavy (non-hydrogen) atoms.